The van der Waals surface area contributed by atoms with Gasteiger partial charge in [0.15, 0.2) is 0 Å². The zero-order valence-electron chi connectivity index (χ0n) is 11.5. The largest absolute Gasteiger partial charge is 0.301 e. The lowest BCUT2D eigenvalue weighted by molar-refractivity contribution is 0.139. The maximum Gasteiger partial charge on any atom is 0.281 e. The van der Waals surface area contributed by atoms with Gasteiger partial charge in [0, 0.05) is 45.1 Å². The monoisotopic (exact) mass is 297 g/mol. The predicted octanol–water partition coefficient (Wildman–Crippen LogP) is 0.818. The molecule has 7 heteroatoms. The van der Waals surface area contributed by atoms with Crippen molar-refractivity contribution in [2.45, 2.75) is 25.8 Å². The first-order valence-electron chi connectivity index (χ1n) is 6.41. The number of hydrogen-bond donors (Lipinski definition) is 0. The summed E-state index contributed by atoms with van der Waals surface area (Å²) in [7, 11) is 0.358. The average Bonchev–Trinajstić information content (AvgIpc) is 2.36. The number of halogens is 1. The number of piperazine rings is 1. The van der Waals surface area contributed by atoms with Crippen molar-refractivity contribution in [3.63, 3.8) is 0 Å². The Hall–Kier alpha value is 0.120. The Morgan fingerprint density at radius 3 is 2.61 bits per heavy atom. The molecule has 108 valence electrons. The lowest BCUT2D eigenvalue weighted by Gasteiger charge is -2.39. The highest BCUT2D eigenvalue weighted by molar-refractivity contribution is 7.86. The van der Waals surface area contributed by atoms with Crippen LogP contribution in [-0.2, 0) is 10.2 Å². The van der Waals surface area contributed by atoms with Crippen LogP contribution in [0.2, 0.25) is 0 Å². The molecule has 1 rings (SSSR count). The standard InChI is InChI=1S/C11H24ClN3O2S/c1-4-11-10-15(9-8-13(11)2)18(16,17)14(3)7-5-6-12/h11H,4-10H2,1-3H3. The molecule has 0 spiro atoms. The van der Waals surface area contributed by atoms with E-state index < -0.39 is 10.2 Å². The number of hydrogen-bond acceptors (Lipinski definition) is 3. The van der Waals surface area contributed by atoms with Crippen molar-refractivity contribution < 1.29 is 8.42 Å². The van der Waals surface area contributed by atoms with Crippen molar-refractivity contribution >= 4 is 21.8 Å². The molecule has 0 aromatic heterocycles. The van der Waals surface area contributed by atoms with E-state index in [9.17, 15) is 8.42 Å². The van der Waals surface area contributed by atoms with E-state index in [0.29, 0.717) is 38.0 Å². The Kier molecular flexibility index (Phi) is 6.34. The molecule has 5 nitrogen and oxygen atoms in total. The van der Waals surface area contributed by atoms with Gasteiger partial charge in [-0.1, -0.05) is 6.92 Å². The number of alkyl halides is 1. The quantitative estimate of drug-likeness (QED) is 0.682. The van der Waals surface area contributed by atoms with Crippen LogP contribution in [0.25, 0.3) is 0 Å². The van der Waals surface area contributed by atoms with Crippen LogP contribution in [0.3, 0.4) is 0 Å². The highest BCUT2D eigenvalue weighted by atomic mass is 35.5. The molecule has 1 atom stereocenters. The van der Waals surface area contributed by atoms with Crippen molar-refractivity contribution in [3.8, 4) is 0 Å². The second kappa shape index (κ2) is 7.05. The second-order valence-corrected chi connectivity index (χ2v) is 7.19. The minimum absolute atomic E-state index is 0.315. The summed E-state index contributed by atoms with van der Waals surface area (Å²) in [4.78, 5) is 2.23. The van der Waals surface area contributed by atoms with E-state index >= 15 is 0 Å². The van der Waals surface area contributed by atoms with Gasteiger partial charge in [-0.15, -0.1) is 11.6 Å². The van der Waals surface area contributed by atoms with E-state index in [1.807, 2.05) is 0 Å². The second-order valence-electron chi connectivity index (χ2n) is 4.77. The van der Waals surface area contributed by atoms with Crippen LogP contribution in [0.15, 0.2) is 0 Å². The van der Waals surface area contributed by atoms with E-state index in [-0.39, 0.29) is 0 Å². The Balaban J connectivity index is 2.67. The lowest BCUT2D eigenvalue weighted by atomic mass is 10.1. The van der Waals surface area contributed by atoms with Gasteiger partial charge < -0.3 is 4.90 Å². The highest BCUT2D eigenvalue weighted by Crippen LogP contribution is 2.16. The van der Waals surface area contributed by atoms with Gasteiger partial charge in [-0.3, -0.25) is 0 Å². The summed E-state index contributed by atoms with van der Waals surface area (Å²) in [5, 5.41) is 0. The average molecular weight is 298 g/mol. The van der Waals surface area contributed by atoms with Gasteiger partial charge >= 0.3 is 0 Å². The van der Waals surface area contributed by atoms with Gasteiger partial charge in [0.25, 0.3) is 10.2 Å². The molecule has 0 aromatic rings. The summed E-state index contributed by atoms with van der Waals surface area (Å²) in [6, 6.07) is 0.315. The molecule has 1 saturated heterocycles. The molecule has 0 bridgehead atoms. The topological polar surface area (TPSA) is 43.9 Å². The maximum atomic E-state index is 12.3. The fourth-order valence-electron chi connectivity index (χ4n) is 2.16. The number of likely N-dealkylation sites (N-methyl/N-ethyl adjacent to an activating group) is 1. The third kappa shape index (κ3) is 3.81. The van der Waals surface area contributed by atoms with Gasteiger partial charge in [-0.05, 0) is 19.9 Å². The van der Waals surface area contributed by atoms with Crippen LogP contribution in [0.5, 0.6) is 0 Å². The molecule has 1 aliphatic heterocycles. The molecule has 1 fully saturated rings. The normalized spacial score (nSPS) is 23.7. The zero-order chi connectivity index (χ0) is 13.8. The lowest BCUT2D eigenvalue weighted by Crippen LogP contribution is -2.55. The zero-order valence-corrected chi connectivity index (χ0v) is 13.0. The van der Waals surface area contributed by atoms with Crippen molar-refractivity contribution in [3.05, 3.63) is 0 Å². The minimum atomic E-state index is -3.32. The molecule has 1 aliphatic rings. The molecule has 0 saturated carbocycles. The van der Waals surface area contributed by atoms with Crippen LogP contribution >= 0.6 is 11.6 Å². The molecule has 0 amide bonds. The van der Waals surface area contributed by atoms with Crippen LogP contribution < -0.4 is 0 Å². The first-order chi connectivity index (χ1) is 8.43. The fraction of sp³-hybridized carbons (Fsp3) is 1.00. The molecular formula is C11H24ClN3O2S. The van der Waals surface area contributed by atoms with E-state index in [1.165, 1.54) is 4.31 Å². The highest BCUT2D eigenvalue weighted by Gasteiger charge is 2.32. The van der Waals surface area contributed by atoms with Crippen LogP contribution in [0.4, 0.5) is 0 Å². The summed E-state index contributed by atoms with van der Waals surface area (Å²) in [5.41, 5.74) is 0. The Morgan fingerprint density at radius 1 is 1.39 bits per heavy atom. The molecule has 18 heavy (non-hydrogen) atoms. The molecule has 0 aliphatic carbocycles. The molecule has 1 unspecified atom stereocenters. The van der Waals surface area contributed by atoms with E-state index in [0.717, 1.165) is 13.0 Å². The van der Waals surface area contributed by atoms with Gasteiger partial charge in [-0.2, -0.15) is 17.0 Å². The molecule has 0 radical (unpaired) electrons. The fourth-order valence-corrected chi connectivity index (χ4v) is 3.71. The molecule has 0 aromatic carbocycles. The van der Waals surface area contributed by atoms with Crippen molar-refractivity contribution in [1.29, 1.82) is 0 Å². The number of nitrogens with zero attached hydrogens (tertiary/aromatic N) is 3. The van der Waals surface area contributed by atoms with Gasteiger partial charge in [0.05, 0.1) is 0 Å². The summed E-state index contributed by atoms with van der Waals surface area (Å²) in [6.45, 7) is 4.52. The van der Waals surface area contributed by atoms with Crippen molar-refractivity contribution in [2.24, 2.45) is 0 Å². The van der Waals surface area contributed by atoms with Crippen LogP contribution in [-0.4, -0.2) is 74.1 Å². The smallest absolute Gasteiger partial charge is 0.281 e. The van der Waals surface area contributed by atoms with Gasteiger partial charge in [0.2, 0.25) is 0 Å². The van der Waals surface area contributed by atoms with E-state index in [2.05, 4.69) is 18.9 Å². The minimum Gasteiger partial charge on any atom is -0.301 e. The summed E-state index contributed by atoms with van der Waals surface area (Å²) in [6.07, 6.45) is 1.65. The van der Waals surface area contributed by atoms with Gasteiger partial charge in [0.1, 0.15) is 0 Å². The summed E-state index contributed by atoms with van der Waals surface area (Å²) >= 11 is 5.60. The Bertz CT molecular complexity index is 350. The Labute approximate surface area is 116 Å². The summed E-state index contributed by atoms with van der Waals surface area (Å²) in [5.74, 6) is 0.486. The van der Waals surface area contributed by atoms with Crippen LogP contribution in [0, 0.1) is 0 Å². The third-order valence-electron chi connectivity index (χ3n) is 3.54. The van der Waals surface area contributed by atoms with E-state index in [1.54, 1.807) is 11.4 Å². The first kappa shape index (κ1) is 16.2. The van der Waals surface area contributed by atoms with Crippen molar-refractivity contribution in [2.75, 3.05) is 46.2 Å². The summed E-state index contributed by atoms with van der Waals surface area (Å²) < 4.78 is 27.7. The first-order valence-corrected chi connectivity index (χ1v) is 8.34. The maximum absolute atomic E-state index is 12.3. The van der Waals surface area contributed by atoms with Crippen molar-refractivity contribution in [1.82, 2.24) is 13.5 Å². The molecular weight excluding hydrogens is 274 g/mol. The molecule has 0 N–H and O–H groups in total. The van der Waals surface area contributed by atoms with Gasteiger partial charge in [-0.25, -0.2) is 0 Å². The Morgan fingerprint density at radius 2 is 2.06 bits per heavy atom. The van der Waals surface area contributed by atoms with E-state index in [4.69, 9.17) is 11.6 Å². The van der Waals surface area contributed by atoms with Crippen LogP contribution in [0.1, 0.15) is 19.8 Å². The number of rotatable bonds is 6. The SMILES string of the molecule is CCC1CN(S(=O)(=O)N(C)CCCCl)CCN1C. The predicted molar refractivity (Wildman–Crippen MR) is 75.2 cm³/mol. The molecule has 1 heterocycles. The third-order valence-corrected chi connectivity index (χ3v) is 5.76.